The molecule has 2 aliphatic rings. The van der Waals surface area contributed by atoms with E-state index in [4.69, 9.17) is 0 Å². The van der Waals surface area contributed by atoms with Gasteiger partial charge in [0.1, 0.15) is 0 Å². The van der Waals surface area contributed by atoms with Gasteiger partial charge in [-0.05, 0) is 12.1 Å². The Balaban J connectivity index is 2.03. The Bertz CT molecular complexity index is 599. The van der Waals surface area contributed by atoms with Crippen LogP contribution in [0.1, 0.15) is 23.2 Å². The molecule has 2 amide bonds. The number of fused-ring (bicyclic) bond motifs is 6. The molecular weight excluding hydrogens is 228 g/mol. The number of urea groups is 1. The molecule has 2 aromatic rings. The van der Waals surface area contributed by atoms with Crippen molar-refractivity contribution in [2.75, 3.05) is 0 Å². The number of nitrogens with one attached hydrogen (secondary N) is 2. The fourth-order valence-corrected chi connectivity index (χ4v) is 2.74. The van der Waals surface area contributed by atoms with Gasteiger partial charge in [0.05, 0.1) is 23.5 Å². The zero-order valence-electron chi connectivity index (χ0n) is 9.42. The molecule has 4 rings (SSSR count). The Labute approximate surface area is 103 Å². The first-order valence-corrected chi connectivity index (χ1v) is 5.82. The lowest BCUT2D eigenvalue weighted by molar-refractivity contribution is 0.247. The van der Waals surface area contributed by atoms with E-state index < -0.39 is 0 Å². The number of hydrogen-bond acceptors (Lipinski definition) is 3. The highest BCUT2D eigenvalue weighted by atomic mass is 16.2. The molecule has 5 heteroatoms. The first-order valence-electron chi connectivity index (χ1n) is 5.82. The first-order chi connectivity index (χ1) is 8.84. The summed E-state index contributed by atoms with van der Waals surface area (Å²) >= 11 is 0. The Hall–Kier alpha value is -2.43. The predicted octanol–water partition coefficient (Wildman–Crippen LogP) is 1.55. The van der Waals surface area contributed by atoms with Crippen LogP contribution in [0, 0.1) is 0 Å². The van der Waals surface area contributed by atoms with Gasteiger partial charge in [0.25, 0.3) is 0 Å². The van der Waals surface area contributed by atoms with Gasteiger partial charge < -0.3 is 10.6 Å². The Morgan fingerprint density at radius 3 is 1.89 bits per heavy atom. The highest BCUT2D eigenvalue weighted by Gasteiger charge is 2.41. The molecule has 0 saturated carbocycles. The number of aromatic nitrogens is 2. The zero-order valence-corrected chi connectivity index (χ0v) is 9.42. The maximum Gasteiger partial charge on any atom is 0.315 e. The highest BCUT2D eigenvalue weighted by Crippen LogP contribution is 2.43. The van der Waals surface area contributed by atoms with Crippen LogP contribution in [-0.4, -0.2) is 16.0 Å². The van der Waals surface area contributed by atoms with Crippen molar-refractivity contribution in [1.29, 1.82) is 0 Å². The van der Waals surface area contributed by atoms with E-state index in [1.165, 1.54) is 0 Å². The molecule has 1 saturated heterocycles. The van der Waals surface area contributed by atoms with E-state index in [1.807, 2.05) is 24.3 Å². The van der Waals surface area contributed by atoms with Gasteiger partial charge >= 0.3 is 6.03 Å². The zero-order chi connectivity index (χ0) is 12.1. The maximum atomic E-state index is 11.6. The third kappa shape index (κ3) is 1.13. The number of carbonyl (C=O) groups excluding carboxylic acids is 1. The molecule has 0 aromatic carbocycles. The SMILES string of the molecule is O=C1NC2c3cccnc3-c3ncccc3C2N1. The van der Waals surface area contributed by atoms with E-state index in [0.29, 0.717) is 0 Å². The van der Waals surface area contributed by atoms with Crippen LogP contribution in [0.4, 0.5) is 4.79 Å². The summed E-state index contributed by atoms with van der Waals surface area (Å²) in [5.74, 6) is 0. The molecule has 2 atom stereocenters. The number of rotatable bonds is 0. The van der Waals surface area contributed by atoms with E-state index in [2.05, 4.69) is 20.6 Å². The molecule has 0 radical (unpaired) electrons. The summed E-state index contributed by atoms with van der Waals surface area (Å²) in [7, 11) is 0. The van der Waals surface area contributed by atoms with E-state index in [0.717, 1.165) is 22.5 Å². The lowest BCUT2D eigenvalue weighted by Gasteiger charge is -2.27. The molecule has 1 fully saturated rings. The smallest absolute Gasteiger partial charge is 0.315 e. The summed E-state index contributed by atoms with van der Waals surface area (Å²) in [5, 5.41) is 5.87. The van der Waals surface area contributed by atoms with Gasteiger partial charge in [0, 0.05) is 23.5 Å². The third-order valence-corrected chi connectivity index (χ3v) is 3.48. The largest absolute Gasteiger partial charge is 0.329 e. The van der Waals surface area contributed by atoms with Crippen LogP contribution in [-0.2, 0) is 0 Å². The van der Waals surface area contributed by atoms with Crippen molar-refractivity contribution < 1.29 is 4.79 Å². The van der Waals surface area contributed by atoms with Gasteiger partial charge in [-0.1, -0.05) is 12.1 Å². The molecule has 2 unspecified atom stereocenters. The van der Waals surface area contributed by atoms with Crippen LogP contribution >= 0.6 is 0 Å². The van der Waals surface area contributed by atoms with Crippen LogP contribution in [0.3, 0.4) is 0 Å². The van der Waals surface area contributed by atoms with E-state index in [-0.39, 0.29) is 18.1 Å². The molecule has 18 heavy (non-hydrogen) atoms. The Morgan fingerprint density at radius 2 is 1.39 bits per heavy atom. The van der Waals surface area contributed by atoms with Crippen molar-refractivity contribution in [3.8, 4) is 11.4 Å². The summed E-state index contributed by atoms with van der Waals surface area (Å²) in [6.45, 7) is 0. The number of pyridine rings is 2. The molecule has 2 aromatic heterocycles. The molecule has 2 N–H and O–H groups in total. The van der Waals surface area contributed by atoms with Crippen molar-refractivity contribution >= 4 is 6.03 Å². The molecule has 3 heterocycles. The fourth-order valence-electron chi connectivity index (χ4n) is 2.74. The quantitative estimate of drug-likeness (QED) is 0.731. The molecule has 0 bridgehead atoms. The number of nitrogens with zero attached hydrogens (tertiary/aromatic N) is 2. The molecule has 88 valence electrons. The molecule has 1 aliphatic heterocycles. The van der Waals surface area contributed by atoms with Crippen LogP contribution in [0.2, 0.25) is 0 Å². The minimum Gasteiger partial charge on any atom is -0.329 e. The van der Waals surface area contributed by atoms with Crippen molar-refractivity contribution in [2.45, 2.75) is 12.1 Å². The highest BCUT2D eigenvalue weighted by molar-refractivity contribution is 5.81. The summed E-state index contributed by atoms with van der Waals surface area (Å²) in [5.41, 5.74) is 3.76. The molecular formula is C13H10N4O. The van der Waals surface area contributed by atoms with Gasteiger partial charge in [0.2, 0.25) is 0 Å². The van der Waals surface area contributed by atoms with Crippen LogP contribution < -0.4 is 10.6 Å². The summed E-state index contributed by atoms with van der Waals surface area (Å²) in [6, 6.07) is 7.49. The van der Waals surface area contributed by atoms with Gasteiger partial charge in [-0.15, -0.1) is 0 Å². The number of carbonyl (C=O) groups is 1. The van der Waals surface area contributed by atoms with Crippen molar-refractivity contribution in [2.24, 2.45) is 0 Å². The van der Waals surface area contributed by atoms with Gasteiger partial charge in [-0.25, -0.2) is 4.79 Å². The summed E-state index contributed by atoms with van der Waals surface area (Å²) in [4.78, 5) is 20.4. The molecule has 5 nitrogen and oxygen atoms in total. The second-order valence-electron chi connectivity index (χ2n) is 4.46. The minimum absolute atomic E-state index is 0.0575. The van der Waals surface area contributed by atoms with E-state index in [9.17, 15) is 4.79 Å². The topological polar surface area (TPSA) is 66.9 Å². The summed E-state index contributed by atoms with van der Waals surface area (Å²) < 4.78 is 0. The first kappa shape index (κ1) is 9.58. The second kappa shape index (κ2) is 3.29. The maximum absolute atomic E-state index is 11.6. The normalized spacial score (nSPS) is 23.4. The van der Waals surface area contributed by atoms with Crippen molar-refractivity contribution in [1.82, 2.24) is 20.6 Å². The van der Waals surface area contributed by atoms with Gasteiger partial charge in [-0.3, -0.25) is 9.97 Å². The third-order valence-electron chi connectivity index (χ3n) is 3.48. The lowest BCUT2D eigenvalue weighted by atomic mass is 9.85. The Morgan fingerprint density at radius 1 is 0.889 bits per heavy atom. The lowest BCUT2D eigenvalue weighted by Crippen LogP contribution is -2.24. The average Bonchev–Trinajstić information content (AvgIpc) is 2.81. The fraction of sp³-hybridized carbons (Fsp3) is 0.154. The van der Waals surface area contributed by atoms with E-state index >= 15 is 0 Å². The second-order valence-corrected chi connectivity index (χ2v) is 4.46. The molecule has 0 spiro atoms. The van der Waals surface area contributed by atoms with Gasteiger partial charge in [0.15, 0.2) is 0 Å². The Kier molecular flexibility index (Phi) is 1.75. The predicted molar refractivity (Wildman–Crippen MR) is 64.6 cm³/mol. The minimum atomic E-state index is -0.142. The standard InChI is InChI=1S/C13H10N4O/c18-13-16-11-7-3-1-5-14-9(7)10-8(12(11)17-13)4-2-6-15-10/h1-6,11-12H,(H2,16,17,18). The van der Waals surface area contributed by atoms with Crippen LogP contribution in [0.15, 0.2) is 36.7 Å². The van der Waals surface area contributed by atoms with Crippen molar-refractivity contribution in [3.63, 3.8) is 0 Å². The van der Waals surface area contributed by atoms with Crippen LogP contribution in [0.25, 0.3) is 11.4 Å². The van der Waals surface area contributed by atoms with Gasteiger partial charge in [-0.2, -0.15) is 0 Å². The van der Waals surface area contributed by atoms with E-state index in [1.54, 1.807) is 12.4 Å². The van der Waals surface area contributed by atoms with Crippen molar-refractivity contribution in [3.05, 3.63) is 47.8 Å². The van der Waals surface area contributed by atoms with Crippen LogP contribution in [0.5, 0.6) is 0 Å². The number of hydrogen-bond donors (Lipinski definition) is 2. The summed E-state index contributed by atoms with van der Waals surface area (Å²) in [6.07, 6.45) is 3.50. The molecule has 1 aliphatic carbocycles. The average molecular weight is 238 g/mol. The number of amides is 2. The monoisotopic (exact) mass is 238 g/mol.